The van der Waals surface area contributed by atoms with Crippen molar-refractivity contribution >= 4 is 65.2 Å². The summed E-state index contributed by atoms with van der Waals surface area (Å²) in [7, 11) is -1.18. The average Bonchev–Trinajstić information content (AvgIpc) is 1.72. The van der Waals surface area contributed by atoms with E-state index < -0.39 is 172 Å². The third-order valence-corrected chi connectivity index (χ3v) is 17.0. The lowest BCUT2D eigenvalue weighted by Crippen LogP contribution is -2.54. The number of aromatic nitrogens is 2. The van der Waals surface area contributed by atoms with Crippen molar-refractivity contribution in [3.8, 4) is 11.5 Å². The summed E-state index contributed by atoms with van der Waals surface area (Å²) in [6.45, 7) is 16.0. The van der Waals surface area contributed by atoms with E-state index >= 15 is 4.39 Å². The van der Waals surface area contributed by atoms with Crippen LogP contribution in [0.15, 0.2) is 64.4 Å². The molecule has 5 fully saturated rings. The van der Waals surface area contributed by atoms with E-state index in [-0.39, 0.29) is 79.4 Å². The van der Waals surface area contributed by atoms with Crippen molar-refractivity contribution in [2.75, 3.05) is 78.4 Å². The van der Waals surface area contributed by atoms with Gasteiger partial charge in [0.15, 0.2) is 23.1 Å². The molecule has 2 aliphatic carbocycles. The van der Waals surface area contributed by atoms with Crippen LogP contribution in [0.5, 0.6) is 11.5 Å². The zero-order chi connectivity index (χ0) is 72.2. The van der Waals surface area contributed by atoms with Gasteiger partial charge in [-0.1, -0.05) is 30.3 Å². The van der Waals surface area contributed by atoms with E-state index in [0.29, 0.717) is 19.2 Å². The second-order valence-electron chi connectivity index (χ2n) is 27.0. The first-order valence-corrected chi connectivity index (χ1v) is 30.7. The molecule has 0 bridgehead atoms. The first-order chi connectivity index (χ1) is 45.3. The fourth-order valence-corrected chi connectivity index (χ4v) is 11.6. The van der Waals surface area contributed by atoms with Crippen LogP contribution in [0.4, 0.5) is 63.8 Å². The minimum atomic E-state index is -3.48. The fraction of sp³-hybridized carbons (Fsp3) is 0.547. The molecule has 5 aromatic rings. The van der Waals surface area contributed by atoms with Crippen LogP contribution < -0.4 is 46.9 Å². The Labute approximate surface area is 551 Å². The van der Waals surface area contributed by atoms with Gasteiger partial charge in [-0.2, -0.15) is 4.39 Å². The Bertz CT molecular complexity index is 3860. The number of hydrogen-bond acceptors (Lipinski definition) is 16. The van der Waals surface area contributed by atoms with E-state index in [9.17, 15) is 78.0 Å². The quantitative estimate of drug-likeness (QED) is 0.0370. The number of carboxylic acid groups (broad SMARTS) is 1. The van der Waals surface area contributed by atoms with Gasteiger partial charge in [-0.05, 0) is 80.0 Å². The summed E-state index contributed by atoms with van der Waals surface area (Å²) in [5.41, 5.74) is -0.162. The number of amides is 3. The Hall–Kier alpha value is -8.49. The molecule has 3 amide bonds. The van der Waals surface area contributed by atoms with E-state index in [2.05, 4.69) is 20.6 Å². The fourth-order valence-electron chi connectivity index (χ4n) is 11.6. The van der Waals surface area contributed by atoms with Crippen molar-refractivity contribution in [3.05, 3.63) is 109 Å². The summed E-state index contributed by atoms with van der Waals surface area (Å²) in [6.07, 6.45) is -2.22. The zero-order valence-corrected chi connectivity index (χ0v) is 55.2. The molecule has 0 spiro atoms. The van der Waals surface area contributed by atoms with Crippen LogP contribution in [0.2, 0.25) is 0 Å². The van der Waals surface area contributed by atoms with Crippen LogP contribution in [0.3, 0.4) is 0 Å². The third kappa shape index (κ3) is 17.8. The molecule has 2 aromatic heterocycles. The van der Waals surface area contributed by atoms with E-state index in [1.165, 1.54) is 16.6 Å². The number of alkyl carbamates (subject to hydrolysis) is 2. The van der Waals surface area contributed by atoms with Gasteiger partial charge >= 0.3 is 37.7 Å². The normalized spacial score (nSPS) is 24.7. The number of likely N-dealkylation sites (tertiary alicyclic amines) is 1. The third-order valence-electron chi connectivity index (χ3n) is 17.0. The van der Waals surface area contributed by atoms with Crippen molar-refractivity contribution in [2.24, 2.45) is 23.5 Å². The number of alkyl halides is 5. The minimum absolute atomic E-state index is 0.00934. The number of carbonyl (C=O) groups excluding carboxylic acids is 4. The molecular weight excluding hydrogens is 1310 g/mol. The molecule has 10 rings (SSSR count). The summed E-state index contributed by atoms with van der Waals surface area (Å²) in [5, 5.41) is 17.2. The highest BCUT2D eigenvalue weighted by atomic mass is 19.2. The number of ether oxygens (including phenoxy) is 5. The Morgan fingerprint density at radius 2 is 1.21 bits per heavy atom. The molecule has 2 saturated carbocycles. The number of nitrogens with one attached hydrogen (secondary N) is 3. The van der Waals surface area contributed by atoms with Crippen LogP contribution in [0.1, 0.15) is 114 Å². The molecule has 3 saturated heterocycles. The van der Waals surface area contributed by atoms with E-state index in [1.807, 2.05) is 37.3 Å². The number of carboxylic acids is 1. The molecule has 532 valence electrons. The number of nitrogens with two attached hydrogens (primary N) is 1. The lowest BCUT2D eigenvalue weighted by Gasteiger charge is -2.31. The minimum Gasteiger partial charge on any atom is -0.492 e. The molecule has 33 heteroatoms. The van der Waals surface area contributed by atoms with Crippen LogP contribution in [-0.4, -0.2) is 171 Å². The maximum atomic E-state index is 15.2. The zero-order valence-electron chi connectivity index (χ0n) is 55.2. The maximum Gasteiger partial charge on any atom is 0.798 e. The average molecular weight is 1390 g/mol. The lowest BCUT2D eigenvalue weighted by molar-refractivity contribution is 0.0426. The van der Waals surface area contributed by atoms with Gasteiger partial charge in [-0.3, -0.25) is 22.8 Å². The van der Waals surface area contributed by atoms with E-state index in [0.717, 1.165) is 35.7 Å². The van der Waals surface area contributed by atoms with Gasteiger partial charge in [-0.15, -0.1) is 0 Å². The Kier molecular flexibility index (Phi) is 23.6. The molecule has 5 heterocycles. The Morgan fingerprint density at radius 3 is 1.68 bits per heavy atom. The van der Waals surface area contributed by atoms with Gasteiger partial charge in [0, 0.05) is 87.8 Å². The number of halogens is 10. The molecule has 6 N–H and O–H groups in total. The maximum absolute atomic E-state index is 15.2. The number of anilines is 1. The van der Waals surface area contributed by atoms with Gasteiger partial charge in [0.25, 0.3) is 0 Å². The van der Waals surface area contributed by atoms with Gasteiger partial charge in [0.2, 0.25) is 16.7 Å². The molecule has 22 nitrogen and oxygen atoms in total. The number of pyridine rings is 2. The summed E-state index contributed by atoms with van der Waals surface area (Å²) >= 11 is 0. The standard InChI is InChI=1S/C20H22F3N3O4.C19H27FN2O4.C14H9BF5NO4.C11H21FN2O2/c1-20(24)8-25(6-9(20)5-21)16-13(23)3-10-15(18(16)30-2)26(14-4-12(14)22)7-11(17(10)27)19(28)29;1-18(2,3)26-16(23)21-19(4)13-22(11-15(19)10-20)17(24)25-12-14-8-6-5-7-9-14;1-24-13-10(18)8(17)2-5-11(13)21(9-3-7(9)16)4-6(12(5)22)14(23)25-15(19)20;1-10(2,3)16-9(15)14-11(4)7-13-6-8(11)5-12/h3,7,9,12,14H,4-6,8,24H2,1-2H3,(H,28,29);5-9,15H,10-13H2,1-4H3,(H,21,23);2,4,7,9H,3H2,1H3;8,13H,5-7H2,1-4H3,(H,14,15)/t9?,12-,14+,20?;15-,19-;7-,9+;8-,11-/m0101/s1. The van der Waals surface area contributed by atoms with E-state index in [1.54, 1.807) is 60.3 Å². The van der Waals surface area contributed by atoms with Gasteiger partial charge in [0.1, 0.15) is 47.0 Å². The molecular formula is C64H79BF10N8O14. The van der Waals surface area contributed by atoms with Crippen molar-refractivity contribution in [2.45, 2.75) is 134 Å². The highest BCUT2D eigenvalue weighted by Crippen LogP contribution is 2.47. The molecule has 3 aromatic carbocycles. The highest BCUT2D eigenvalue weighted by molar-refractivity contribution is 6.38. The number of hydrogen-bond donors (Lipinski definition) is 5. The molecule has 5 aliphatic rings. The van der Waals surface area contributed by atoms with Crippen molar-refractivity contribution in [1.29, 1.82) is 0 Å². The van der Waals surface area contributed by atoms with Crippen molar-refractivity contribution < 1.29 is 101 Å². The number of aromatic carboxylic acids is 1. The van der Waals surface area contributed by atoms with Gasteiger partial charge in [0.05, 0.1) is 79.2 Å². The smallest absolute Gasteiger partial charge is 0.492 e. The van der Waals surface area contributed by atoms with Crippen molar-refractivity contribution in [1.82, 2.24) is 30.0 Å². The number of carbonyl (C=O) groups is 5. The van der Waals surface area contributed by atoms with Gasteiger partial charge in [-0.25, -0.2) is 50.2 Å². The summed E-state index contributed by atoms with van der Waals surface area (Å²) < 4.78 is 166. The molecule has 10 atom stereocenters. The number of fused-ring (bicyclic) bond motifs is 2. The van der Waals surface area contributed by atoms with Crippen molar-refractivity contribution in [3.63, 3.8) is 0 Å². The topological polar surface area (TPSA) is 274 Å². The van der Waals surface area contributed by atoms with Crippen LogP contribution >= 0.6 is 0 Å². The summed E-state index contributed by atoms with van der Waals surface area (Å²) in [4.78, 5) is 87.2. The second-order valence-corrected chi connectivity index (χ2v) is 27.0. The summed E-state index contributed by atoms with van der Waals surface area (Å²) in [5.74, 6) is -8.76. The van der Waals surface area contributed by atoms with Crippen LogP contribution in [-0.2, 0) is 25.5 Å². The number of methoxy groups -OCH3 is 2. The Morgan fingerprint density at radius 1 is 0.711 bits per heavy atom. The lowest BCUT2D eigenvalue weighted by atomic mass is 9.90. The van der Waals surface area contributed by atoms with Crippen LogP contribution in [0.25, 0.3) is 21.8 Å². The monoisotopic (exact) mass is 1380 g/mol. The molecule has 2 unspecified atom stereocenters. The van der Waals surface area contributed by atoms with Gasteiger partial charge < -0.3 is 74.1 Å². The Balaban J connectivity index is 0.000000186. The largest absolute Gasteiger partial charge is 0.798 e. The number of nitrogens with zero attached hydrogens (tertiary/aromatic N) is 4. The highest BCUT2D eigenvalue weighted by Gasteiger charge is 2.49. The summed E-state index contributed by atoms with van der Waals surface area (Å²) in [6, 6.07) is 9.19. The number of benzene rings is 3. The first kappa shape index (κ1) is 75.9. The molecule has 3 aliphatic heterocycles. The van der Waals surface area contributed by atoms with Crippen LogP contribution in [0, 0.1) is 35.2 Å². The first-order valence-electron chi connectivity index (χ1n) is 30.7. The number of rotatable bonds is 15. The second kappa shape index (κ2) is 30.1. The predicted octanol–water partition coefficient (Wildman–Crippen LogP) is 9.87. The molecule has 0 radical (unpaired) electrons. The van der Waals surface area contributed by atoms with E-state index in [4.69, 9.17) is 29.4 Å². The predicted molar refractivity (Wildman–Crippen MR) is 337 cm³/mol. The SMILES string of the molecule is CC(C)(C)OC(=O)N[C@]1(C)CN(C(=O)OCc2ccccc2)C[C@H]1CF.CC(C)(C)OC(=O)N[C@]1(C)CNC[C@H]1CF.COc1c(F)c(F)cc2c(=O)c(C(=O)OB(F)F)cn([C@@H]3C[C@@H]3F)c12.COc1c(N2CC(CF)C(C)(N)C2)c(F)cc2c(=O)c(C(=O)O)cn([C@@H]3C[C@@H]3F)c12. The molecule has 97 heavy (non-hydrogen) atoms.